The summed E-state index contributed by atoms with van der Waals surface area (Å²) in [5.41, 5.74) is 5.05. The van der Waals surface area contributed by atoms with Crippen molar-refractivity contribution in [1.82, 2.24) is 14.0 Å². The average Bonchev–Trinajstić information content (AvgIpc) is 3.02. The summed E-state index contributed by atoms with van der Waals surface area (Å²) in [5.74, 6) is -3.51. The highest BCUT2D eigenvalue weighted by atomic mass is 16.5. The van der Waals surface area contributed by atoms with Crippen LogP contribution in [0.1, 0.15) is 57.4 Å². The van der Waals surface area contributed by atoms with Crippen molar-refractivity contribution in [2.24, 2.45) is 13.0 Å². The molecule has 1 atom stereocenters. The van der Waals surface area contributed by atoms with Crippen LogP contribution in [0.2, 0.25) is 0 Å². The number of ketones is 1. The minimum atomic E-state index is -1.31. The largest absolute Gasteiger partial charge is 0.456 e. The number of carbonyl (C=O) groups excluding carboxylic acids is 4. The quantitative estimate of drug-likeness (QED) is 0.349. The van der Waals surface area contributed by atoms with E-state index in [2.05, 4.69) is 0 Å². The molecule has 11 heteroatoms. The second-order valence-electron chi connectivity index (χ2n) is 8.65. The Labute approximate surface area is 194 Å². The maximum Gasteiger partial charge on any atom is 0.332 e. The van der Waals surface area contributed by atoms with E-state index in [1.54, 1.807) is 19.1 Å². The minimum Gasteiger partial charge on any atom is -0.456 e. The molecule has 2 aromatic rings. The molecular formula is C23H26N4O7. The average molecular weight is 470 g/mol. The van der Waals surface area contributed by atoms with Gasteiger partial charge in [0.2, 0.25) is 5.78 Å². The molecule has 3 rings (SSSR count). The topological polar surface area (TPSA) is 151 Å². The molecule has 1 aromatic carbocycles. The zero-order valence-corrected chi connectivity index (χ0v) is 19.6. The molecule has 1 aliphatic heterocycles. The standard InChI is InChI=1S/C23H26N4O7/c1-11(2)9-26-18(24)17(21(31)25(5)23(26)33)16(28)10-34-22(32)13(4)27-19(29)14-7-6-12(3)8-15(14)20(27)30/h6-8,11,13H,9-10,24H2,1-5H3. The van der Waals surface area contributed by atoms with Crippen molar-refractivity contribution in [3.05, 3.63) is 61.3 Å². The second kappa shape index (κ2) is 9.08. The van der Waals surface area contributed by atoms with Crippen LogP contribution in [-0.2, 0) is 23.1 Å². The number of ether oxygens (including phenoxy) is 1. The fourth-order valence-electron chi connectivity index (χ4n) is 3.75. The first-order valence-corrected chi connectivity index (χ1v) is 10.6. The molecule has 0 radical (unpaired) electrons. The lowest BCUT2D eigenvalue weighted by Gasteiger charge is -2.21. The van der Waals surface area contributed by atoms with E-state index < -0.39 is 53.0 Å². The van der Waals surface area contributed by atoms with Crippen molar-refractivity contribution >= 4 is 29.4 Å². The van der Waals surface area contributed by atoms with Crippen molar-refractivity contribution in [2.75, 3.05) is 12.3 Å². The molecule has 2 amide bonds. The maximum atomic E-state index is 12.7. The van der Waals surface area contributed by atoms with Gasteiger partial charge in [-0.15, -0.1) is 0 Å². The molecule has 1 unspecified atom stereocenters. The summed E-state index contributed by atoms with van der Waals surface area (Å²) in [6.45, 7) is 6.06. The van der Waals surface area contributed by atoms with Crippen LogP contribution in [-0.4, -0.2) is 50.2 Å². The number of aryl methyl sites for hydroxylation is 1. The van der Waals surface area contributed by atoms with Crippen LogP contribution < -0.4 is 17.0 Å². The molecule has 1 aromatic heterocycles. The Bertz CT molecular complexity index is 1340. The van der Waals surface area contributed by atoms with E-state index >= 15 is 0 Å². The lowest BCUT2D eigenvalue weighted by molar-refractivity contribution is -0.146. The lowest BCUT2D eigenvalue weighted by Crippen LogP contribution is -2.45. The van der Waals surface area contributed by atoms with E-state index in [4.69, 9.17) is 10.5 Å². The number of hydrogen-bond donors (Lipinski definition) is 1. The normalized spacial score (nSPS) is 13.9. The molecule has 1 aliphatic rings. The third-order valence-electron chi connectivity index (χ3n) is 5.56. The molecule has 0 spiro atoms. The smallest absolute Gasteiger partial charge is 0.332 e. The van der Waals surface area contributed by atoms with Crippen LogP contribution in [0.5, 0.6) is 0 Å². The first-order valence-electron chi connectivity index (χ1n) is 10.6. The van der Waals surface area contributed by atoms with Crippen molar-refractivity contribution in [2.45, 2.75) is 40.3 Å². The molecule has 2 heterocycles. The Balaban J connectivity index is 1.80. The van der Waals surface area contributed by atoms with Gasteiger partial charge in [-0.2, -0.15) is 0 Å². The predicted molar refractivity (Wildman–Crippen MR) is 122 cm³/mol. The number of Topliss-reactive ketones (excluding diaryl/α,β-unsaturated/α-hetero) is 1. The van der Waals surface area contributed by atoms with Gasteiger partial charge in [0.15, 0.2) is 6.61 Å². The van der Waals surface area contributed by atoms with Gasteiger partial charge in [0.05, 0.1) is 11.1 Å². The van der Waals surface area contributed by atoms with Gasteiger partial charge >= 0.3 is 11.7 Å². The number of anilines is 1. The zero-order valence-electron chi connectivity index (χ0n) is 19.6. The number of nitrogens with zero attached hydrogens (tertiary/aromatic N) is 3. The van der Waals surface area contributed by atoms with E-state index in [0.717, 1.165) is 19.6 Å². The number of carbonyl (C=O) groups is 4. The molecule has 0 saturated carbocycles. The Morgan fingerprint density at radius 1 is 1.03 bits per heavy atom. The third-order valence-corrected chi connectivity index (χ3v) is 5.56. The van der Waals surface area contributed by atoms with Crippen LogP contribution in [0, 0.1) is 12.8 Å². The Kier molecular flexibility index (Phi) is 6.58. The number of imide groups is 1. The van der Waals surface area contributed by atoms with Gasteiger partial charge in [0.1, 0.15) is 17.4 Å². The number of rotatable bonds is 7. The fourth-order valence-corrected chi connectivity index (χ4v) is 3.75. The highest BCUT2D eigenvalue weighted by Gasteiger charge is 2.41. The SMILES string of the molecule is Cc1ccc2c(c1)C(=O)N(C(C)C(=O)OCC(=O)c1c(N)n(CC(C)C)c(=O)n(C)c1=O)C2=O. The first kappa shape index (κ1) is 24.6. The molecule has 0 saturated heterocycles. The zero-order chi connectivity index (χ0) is 25.5. The minimum absolute atomic E-state index is 0.00239. The third kappa shape index (κ3) is 4.16. The predicted octanol–water partition coefficient (Wildman–Crippen LogP) is 0.504. The van der Waals surface area contributed by atoms with Gasteiger partial charge < -0.3 is 10.5 Å². The van der Waals surface area contributed by atoms with Gasteiger partial charge in [-0.25, -0.2) is 9.59 Å². The van der Waals surface area contributed by atoms with Gasteiger partial charge in [0.25, 0.3) is 17.4 Å². The molecule has 0 fully saturated rings. The van der Waals surface area contributed by atoms with Gasteiger partial charge in [0, 0.05) is 13.6 Å². The second-order valence-corrected chi connectivity index (χ2v) is 8.65. The summed E-state index contributed by atoms with van der Waals surface area (Å²) >= 11 is 0. The highest BCUT2D eigenvalue weighted by Crippen LogP contribution is 2.26. The lowest BCUT2D eigenvalue weighted by atomic mass is 10.1. The summed E-state index contributed by atoms with van der Waals surface area (Å²) in [6, 6.07) is 3.44. The monoisotopic (exact) mass is 470 g/mol. The molecule has 180 valence electrons. The van der Waals surface area contributed by atoms with Crippen molar-refractivity contribution in [1.29, 1.82) is 0 Å². The fraction of sp³-hybridized carbons (Fsp3) is 0.391. The first-order chi connectivity index (χ1) is 15.9. The van der Waals surface area contributed by atoms with E-state index in [1.165, 1.54) is 20.0 Å². The summed E-state index contributed by atoms with van der Waals surface area (Å²) < 4.78 is 6.90. The Hall–Kier alpha value is -4.02. The van der Waals surface area contributed by atoms with E-state index in [1.807, 2.05) is 13.8 Å². The number of amides is 2. The number of nitrogens with two attached hydrogens (primary N) is 1. The van der Waals surface area contributed by atoms with Crippen molar-refractivity contribution in [3.8, 4) is 0 Å². The number of benzene rings is 1. The summed E-state index contributed by atoms with van der Waals surface area (Å²) in [5, 5.41) is 0. The summed E-state index contributed by atoms with van der Waals surface area (Å²) in [4.78, 5) is 76.3. The van der Waals surface area contributed by atoms with Crippen LogP contribution in [0.3, 0.4) is 0 Å². The molecule has 2 N–H and O–H groups in total. The Morgan fingerprint density at radius 3 is 2.26 bits per heavy atom. The number of fused-ring (bicyclic) bond motifs is 1. The van der Waals surface area contributed by atoms with E-state index in [9.17, 15) is 28.8 Å². The van der Waals surface area contributed by atoms with Crippen LogP contribution in [0.4, 0.5) is 5.82 Å². The highest BCUT2D eigenvalue weighted by molar-refractivity contribution is 6.22. The van der Waals surface area contributed by atoms with Crippen LogP contribution >= 0.6 is 0 Å². The summed E-state index contributed by atoms with van der Waals surface area (Å²) in [6.07, 6.45) is 0. The van der Waals surface area contributed by atoms with E-state index in [0.29, 0.717) is 0 Å². The number of esters is 1. The van der Waals surface area contributed by atoms with E-state index in [-0.39, 0.29) is 29.4 Å². The van der Waals surface area contributed by atoms with Crippen molar-refractivity contribution in [3.63, 3.8) is 0 Å². The number of hydrogen-bond acceptors (Lipinski definition) is 8. The molecule has 0 aliphatic carbocycles. The van der Waals surface area contributed by atoms with Crippen LogP contribution in [0.25, 0.3) is 0 Å². The maximum absolute atomic E-state index is 12.7. The van der Waals surface area contributed by atoms with Crippen molar-refractivity contribution < 1.29 is 23.9 Å². The summed E-state index contributed by atoms with van der Waals surface area (Å²) in [7, 11) is 1.22. The number of aromatic nitrogens is 2. The molecular weight excluding hydrogens is 444 g/mol. The van der Waals surface area contributed by atoms with Gasteiger partial charge in [-0.3, -0.25) is 33.2 Å². The Morgan fingerprint density at radius 2 is 1.65 bits per heavy atom. The van der Waals surface area contributed by atoms with Gasteiger partial charge in [-0.05, 0) is 31.9 Å². The number of nitrogen functional groups attached to an aromatic ring is 1. The molecule has 0 bridgehead atoms. The van der Waals surface area contributed by atoms with Crippen LogP contribution in [0.15, 0.2) is 27.8 Å². The van der Waals surface area contributed by atoms with Gasteiger partial charge in [-0.1, -0.05) is 25.5 Å². The molecule has 11 nitrogen and oxygen atoms in total. The molecule has 34 heavy (non-hydrogen) atoms.